The average Bonchev–Trinajstić information content (AvgIpc) is 3.80. The summed E-state index contributed by atoms with van der Waals surface area (Å²) >= 11 is 0. The number of nitrogens with zero attached hydrogens (tertiary/aromatic N) is 3. The minimum absolute atomic E-state index is 0.0926. The van der Waals surface area contributed by atoms with Gasteiger partial charge < -0.3 is 14.2 Å². The summed E-state index contributed by atoms with van der Waals surface area (Å²) < 4.78 is 18.7. The Morgan fingerprint density at radius 1 is 0.840 bits per heavy atom. The minimum Gasteiger partial charge on any atom is -0.449 e. The first-order valence-electron chi connectivity index (χ1n) is 18.2. The van der Waals surface area contributed by atoms with Crippen molar-refractivity contribution in [2.75, 3.05) is 19.7 Å². The Kier molecular flexibility index (Phi) is 7.31. The van der Waals surface area contributed by atoms with Crippen LogP contribution in [-0.4, -0.2) is 82.4 Å². The van der Waals surface area contributed by atoms with Gasteiger partial charge in [0.05, 0.1) is 29.3 Å². The molecule has 1 unspecified atom stereocenters. The van der Waals surface area contributed by atoms with Gasteiger partial charge in [0.2, 0.25) is 0 Å². The molecule has 9 rings (SSSR count). The second-order valence-corrected chi connectivity index (χ2v) is 15.8. The van der Waals surface area contributed by atoms with E-state index in [0.29, 0.717) is 18.1 Å². The van der Waals surface area contributed by atoms with Crippen molar-refractivity contribution in [1.82, 2.24) is 9.80 Å². The SMILES string of the molecule is CC(C)(CC1CCN2[C@@H]3C=C(C#Cc4ccc(C#N)cc4)C4=CC(=O)O[C@]4(C3)[C@H]2C1)OCC#CC1=C[C@@H]2C[C@@]3(OC(=O)C=C13)[C@H]1CCCCN21. The van der Waals surface area contributed by atoms with Crippen molar-refractivity contribution in [3.8, 4) is 29.8 Å². The number of carbonyl (C=O) groups is 2. The largest absolute Gasteiger partial charge is 0.449 e. The van der Waals surface area contributed by atoms with Crippen molar-refractivity contribution in [1.29, 1.82) is 5.26 Å². The van der Waals surface area contributed by atoms with E-state index in [1.165, 1.54) is 12.8 Å². The summed E-state index contributed by atoms with van der Waals surface area (Å²) in [5.41, 5.74) is 3.50. The van der Waals surface area contributed by atoms with Gasteiger partial charge in [0.15, 0.2) is 11.2 Å². The van der Waals surface area contributed by atoms with Gasteiger partial charge in [-0.3, -0.25) is 9.80 Å². The van der Waals surface area contributed by atoms with Crippen LogP contribution in [0.3, 0.4) is 0 Å². The Morgan fingerprint density at radius 2 is 1.48 bits per heavy atom. The highest BCUT2D eigenvalue weighted by atomic mass is 16.6. The van der Waals surface area contributed by atoms with E-state index in [-0.39, 0.29) is 41.7 Å². The fourth-order valence-electron chi connectivity index (χ4n) is 10.5. The molecule has 1 aromatic rings. The number of rotatable bonds is 4. The highest BCUT2D eigenvalue weighted by Crippen LogP contribution is 2.55. The van der Waals surface area contributed by atoms with E-state index in [4.69, 9.17) is 19.5 Å². The smallest absolute Gasteiger partial charge is 0.332 e. The van der Waals surface area contributed by atoms with Gasteiger partial charge >= 0.3 is 11.9 Å². The molecule has 7 atom stereocenters. The fraction of sp³-hybridized carbons (Fsp3) is 0.500. The lowest BCUT2D eigenvalue weighted by atomic mass is 9.74. The van der Waals surface area contributed by atoms with Gasteiger partial charge in [0.1, 0.15) is 6.61 Å². The standard InChI is InChI=1S/C42H41N3O5/c1-40(2,48-17-5-6-30-19-32-24-41(34(30)21-38(46)49-41)36-7-3-4-15-44(32)36)23-29-14-16-45-33-20-31(13-12-27-8-10-28(26-43)11-9-27)35-22-39(47)50-42(35,25-33)37(45)18-29/h8-11,19-22,29,32-33,36-37H,3-4,7,14-18,23-25H2,1-2H3/t29?,32-,33-,36-,37-,41+,42+/m1/s1. The molecule has 0 radical (unpaired) electrons. The molecule has 4 bridgehead atoms. The molecule has 4 saturated heterocycles. The van der Waals surface area contributed by atoms with Crippen LogP contribution in [0.2, 0.25) is 0 Å². The fourth-order valence-corrected chi connectivity index (χ4v) is 10.5. The highest BCUT2D eigenvalue weighted by Gasteiger charge is 2.63. The number of nitriles is 1. The van der Waals surface area contributed by atoms with Crippen molar-refractivity contribution < 1.29 is 23.8 Å². The van der Waals surface area contributed by atoms with Crippen LogP contribution in [0.25, 0.3) is 0 Å². The normalized spacial score (nSPS) is 34.9. The molecular formula is C42H41N3O5. The van der Waals surface area contributed by atoms with Crippen molar-refractivity contribution in [2.45, 2.75) is 106 Å². The van der Waals surface area contributed by atoms with Crippen molar-refractivity contribution in [2.24, 2.45) is 5.92 Å². The molecule has 50 heavy (non-hydrogen) atoms. The number of piperidine rings is 2. The maximum Gasteiger partial charge on any atom is 0.332 e. The molecule has 2 aliphatic carbocycles. The Labute approximate surface area is 293 Å². The second-order valence-electron chi connectivity index (χ2n) is 15.8. The van der Waals surface area contributed by atoms with Gasteiger partial charge in [-0.1, -0.05) is 42.3 Å². The van der Waals surface area contributed by atoms with Gasteiger partial charge in [-0.25, -0.2) is 9.59 Å². The van der Waals surface area contributed by atoms with Crippen molar-refractivity contribution in [3.63, 3.8) is 0 Å². The minimum atomic E-state index is -0.668. The molecule has 6 heterocycles. The summed E-state index contributed by atoms with van der Waals surface area (Å²) in [5, 5.41) is 9.12. The Bertz CT molecular complexity index is 1980. The third-order valence-corrected chi connectivity index (χ3v) is 12.4. The predicted molar refractivity (Wildman–Crippen MR) is 185 cm³/mol. The van der Waals surface area contributed by atoms with Gasteiger partial charge in [-0.05, 0) is 89.2 Å². The number of ether oxygens (including phenoxy) is 3. The molecule has 0 aromatic heterocycles. The van der Waals surface area contributed by atoms with E-state index in [2.05, 4.69) is 65.6 Å². The van der Waals surface area contributed by atoms with E-state index in [9.17, 15) is 9.59 Å². The van der Waals surface area contributed by atoms with Crippen LogP contribution in [-0.2, 0) is 23.8 Å². The monoisotopic (exact) mass is 667 g/mol. The first-order valence-corrected chi connectivity index (χ1v) is 18.2. The zero-order valence-electron chi connectivity index (χ0n) is 28.7. The average molecular weight is 668 g/mol. The van der Waals surface area contributed by atoms with Gasteiger partial charge in [-0.15, -0.1) is 0 Å². The number of carbonyl (C=O) groups excluding carboxylic acids is 2. The van der Waals surface area contributed by atoms with Gasteiger partial charge in [0.25, 0.3) is 0 Å². The molecule has 8 nitrogen and oxygen atoms in total. The van der Waals surface area contributed by atoms with Gasteiger partial charge in [-0.2, -0.15) is 5.26 Å². The molecule has 8 heteroatoms. The molecule has 4 fully saturated rings. The first kappa shape index (κ1) is 31.6. The van der Waals surface area contributed by atoms with Crippen molar-refractivity contribution >= 4 is 11.9 Å². The van der Waals surface area contributed by atoms with Crippen LogP contribution in [0, 0.1) is 40.9 Å². The molecule has 6 aliphatic heterocycles. The third-order valence-electron chi connectivity index (χ3n) is 12.4. The lowest BCUT2D eigenvalue weighted by Crippen LogP contribution is -2.51. The number of benzene rings is 1. The summed E-state index contributed by atoms with van der Waals surface area (Å²) in [7, 11) is 0. The maximum absolute atomic E-state index is 12.8. The van der Waals surface area contributed by atoms with Crippen LogP contribution < -0.4 is 0 Å². The van der Waals surface area contributed by atoms with E-state index < -0.39 is 11.2 Å². The maximum atomic E-state index is 12.8. The lowest BCUT2D eigenvalue weighted by Gasteiger charge is -2.43. The van der Waals surface area contributed by atoms with Crippen LogP contribution in [0.4, 0.5) is 0 Å². The molecule has 254 valence electrons. The first-order chi connectivity index (χ1) is 24.2. The van der Waals surface area contributed by atoms with E-state index >= 15 is 0 Å². The summed E-state index contributed by atoms with van der Waals surface area (Å²) in [6.07, 6.45) is 15.7. The zero-order valence-corrected chi connectivity index (χ0v) is 28.7. The topological polar surface area (TPSA) is 92.1 Å². The second kappa shape index (κ2) is 11.6. The molecular weight excluding hydrogens is 626 g/mol. The molecule has 0 saturated carbocycles. The van der Waals surface area contributed by atoms with E-state index in [1.807, 2.05) is 12.1 Å². The van der Waals surface area contributed by atoms with Crippen LogP contribution in [0.5, 0.6) is 0 Å². The third kappa shape index (κ3) is 5.02. The van der Waals surface area contributed by atoms with Crippen LogP contribution in [0.15, 0.2) is 70.9 Å². The number of hydrogen-bond acceptors (Lipinski definition) is 8. The summed E-state index contributed by atoms with van der Waals surface area (Å²) in [6, 6.07) is 10.2. The molecule has 0 amide bonds. The predicted octanol–water partition coefficient (Wildman–Crippen LogP) is 4.90. The Hall–Kier alpha value is -4.39. The van der Waals surface area contributed by atoms with E-state index in [1.54, 1.807) is 24.3 Å². The molecule has 8 aliphatic rings. The zero-order chi connectivity index (χ0) is 34.3. The molecule has 2 spiro atoms. The molecule has 0 N–H and O–H groups in total. The van der Waals surface area contributed by atoms with Gasteiger partial charge in [0, 0.05) is 64.9 Å². The van der Waals surface area contributed by atoms with Crippen molar-refractivity contribution in [3.05, 3.63) is 82.0 Å². The van der Waals surface area contributed by atoms with Crippen LogP contribution in [0.1, 0.15) is 76.3 Å². The molecule has 1 aromatic carbocycles. The number of fused-ring (bicyclic) bond motifs is 6. The Morgan fingerprint density at radius 3 is 2.18 bits per heavy atom. The highest BCUT2D eigenvalue weighted by molar-refractivity contribution is 5.90. The lowest BCUT2D eigenvalue weighted by molar-refractivity contribution is -0.149. The number of esters is 2. The summed E-state index contributed by atoms with van der Waals surface area (Å²) in [5.74, 6) is 13.1. The number of hydrogen-bond donors (Lipinski definition) is 0. The van der Waals surface area contributed by atoms with E-state index in [0.717, 1.165) is 79.5 Å². The Balaban J connectivity index is 0.866. The quantitative estimate of drug-likeness (QED) is 0.331. The summed E-state index contributed by atoms with van der Waals surface area (Å²) in [4.78, 5) is 30.4. The summed E-state index contributed by atoms with van der Waals surface area (Å²) in [6.45, 7) is 6.57. The van der Waals surface area contributed by atoms with Crippen LogP contribution >= 0.6 is 0 Å².